The summed E-state index contributed by atoms with van der Waals surface area (Å²) in [5.41, 5.74) is 0. The second-order valence-electron chi connectivity index (χ2n) is 3.28. The molecular formula is C9H12N2O3S. The highest BCUT2D eigenvalue weighted by Crippen LogP contribution is 2.23. The fraction of sp³-hybridized carbons (Fsp3) is 0.556. The van der Waals surface area contributed by atoms with Gasteiger partial charge in [0.25, 0.3) is 0 Å². The number of carboxylic acids is 1. The molecule has 1 fully saturated rings. The third kappa shape index (κ3) is 2.66. The summed E-state index contributed by atoms with van der Waals surface area (Å²) in [5, 5.41) is 9.53. The van der Waals surface area contributed by atoms with Gasteiger partial charge in [0.1, 0.15) is 0 Å². The molecule has 82 valence electrons. The largest absolute Gasteiger partial charge is 0.481 e. The summed E-state index contributed by atoms with van der Waals surface area (Å²) in [6.45, 7) is 3.10. The highest BCUT2D eigenvalue weighted by Gasteiger charge is 2.15. The van der Waals surface area contributed by atoms with Gasteiger partial charge in [0.05, 0.1) is 19.6 Å². The highest BCUT2D eigenvalue weighted by atomic mass is 32.1. The van der Waals surface area contributed by atoms with Crippen molar-refractivity contribution in [3.05, 3.63) is 11.1 Å². The first kappa shape index (κ1) is 10.4. The summed E-state index contributed by atoms with van der Waals surface area (Å²) in [6.07, 6.45) is 1.70. The minimum Gasteiger partial charge on any atom is -0.481 e. The summed E-state index contributed by atoms with van der Waals surface area (Å²) in [6, 6.07) is 0. The van der Waals surface area contributed by atoms with Gasteiger partial charge in [0.15, 0.2) is 5.13 Å². The molecule has 0 spiro atoms. The lowest BCUT2D eigenvalue weighted by atomic mass is 10.4. The number of hydrogen-bond donors (Lipinski definition) is 1. The maximum absolute atomic E-state index is 10.5. The molecule has 0 aliphatic carbocycles. The summed E-state index contributed by atoms with van der Waals surface area (Å²) >= 11 is 1.45. The van der Waals surface area contributed by atoms with Gasteiger partial charge in [-0.15, -0.1) is 11.3 Å². The molecule has 2 heterocycles. The topological polar surface area (TPSA) is 62.7 Å². The third-order valence-corrected chi connectivity index (χ3v) is 3.21. The van der Waals surface area contributed by atoms with Crippen molar-refractivity contribution in [2.45, 2.75) is 6.42 Å². The van der Waals surface area contributed by atoms with Crippen LogP contribution in [0.4, 0.5) is 5.13 Å². The number of thiazole rings is 1. The normalized spacial score (nSPS) is 16.7. The van der Waals surface area contributed by atoms with Gasteiger partial charge in [-0.2, -0.15) is 0 Å². The first-order chi connectivity index (χ1) is 7.25. The van der Waals surface area contributed by atoms with Crippen LogP contribution in [-0.4, -0.2) is 42.4 Å². The van der Waals surface area contributed by atoms with Crippen LogP contribution in [0.2, 0.25) is 0 Å². The van der Waals surface area contributed by atoms with E-state index < -0.39 is 5.97 Å². The lowest BCUT2D eigenvalue weighted by molar-refractivity contribution is -0.136. The SMILES string of the molecule is O=C(O)Cc1cnc(N2CCOCC2)s1. The van der Waals surface area contributed by atoms with Crippen LogP contribution in [0.3, 0.4) is 0 Å². The van der Waals surface area contributed by atoms with E-state index in [4.69, 9.17) is 9.84 Å². The number of hydrogen-bond acceptors (Lipinski definition) is 5. The monoisotopic (exact) mass is 228 g/mol. The Hall–Kier alpha value is -1.14. The molecule has 0 amide bonds. The third-order valence-electron chi connectivity index (χ3n) is 2.15. The van der Waals surface area contributed by atoms with Crippen LogP contribution in [-0.2, 0) is 16.0 Å². The molecule has 0 radical (unpaired) electrons. The highest BCUT2D eigenvalue weighted by molar-refractivity contribution is 7.15. The number of aromatic nitrogens is 1. The molecule has 0 unspecified atom stereocenters. The smallest absolute Gasteiger partial charge is 0.308 e. The number of carboxylic acid groups (broad SMARTS) is 1. The minimum atomic E-state index is -0.813. The first-order valence-electron chi connectivity index (χ1n) is 4.75. The number of rotatable bonds is 3. The molecule has 2 rings (SSSR count). The molecule has 0 saturated carbocycles. The van der Waals surface area contributed by atoms with E-state index in [1.807, 2.05) is 0 Å². The predicted octanol–water partition coefficient (Wildman–Crippen LogP) is 0.607. The number of anilines is 1. The molecule has 1 aromatic rings. The van der Waals surface area contributed by atoms with E-state index in [1.165, 1.54) is 11.3 Å². The van der Waals surface area contributed by atoms with Gasteiger partial charge in [0, 0.05) is 24.2 Å². The van der Waals surface area contributed by atoms with Crippen LogP contribution in [0, 0.1) is 0 Å². The molecule has 0 bridgehead atoms. The van der Waals surface area contributed by atoms with Crippen molar-refractivity contribution in [2.24, 2.45) is 0 Å². The van der Waals surface area contributed by atoms with Crippen molar-refractivity contribution < 1.29 is 14.6 Å². The Kier molecular flexibility index (Phi) is 3.17. The number of ether oxygens (including phenoxy) is 1. The Morgan fingerprint density at radius 2 is 2.33 bits per heavy atom. The summed E-state index contributed by atoms with van der Waals surface area (Å²) in [4.78, 5) is 17.6. The van der Waals surface area contributed by atoms with E-state index in [-0.39, 0.29) is 6.42 Å². The Bertz CT molecular complexity index is 347. The van der Waals surface area contributed by atoms with Crippen LogP contribution < -0.4 is 4.90 Å². The van der Waals surface area contributed by atoms with Crippen LogP contribution in [0.15, 0.2) is 6.20 Å². The molecule has 0 atom stereocenters. The van der Waals surface area contributed by atoms with Crippen molar-refractivity contribution in [3.63, 3.8) is 0 Å². The second-order valence-corrected chi connectivity index (χ2v) is 4.37. The average molecular weight is 228 g/mol. The van der Waals surface area contributed by atoms with Gasteiger partial charge in [0.2, 0.25) is 0 Å². The van der Waals surface area contributed by atoms with E-state index in [9.17, 15) is 4.79 Å². The lowest BCUT2D eigenvalue weighted by Crippen LogP contribution is -2.36. The maximum Gasteiger partial charge on any atom is 0.308 e. The quantitative estimate of drug-likeness (QED) is 0.821. The summed E-state index contributed by atoms with van der Waals surface area (Å²) < 4.78 is 5.23. The minimum absolute atomic E-state index is 0.0575. The molecule has 5 nitrogen and oxygen atoms in total. The fourth-order valence-corrected chi connectivity index (χ4v) is 2.38. The van der Waals surface area contributed by atoms with Crippen molar-refractivity contribution in [2.75, 3.05) is 31.2 Å². The van der Waals surface area contributed by atoms with Gasteiger partial charge < -0.3 is 14.7 Å². The second kappa shape index (κ2) is 4.59. The van der Waals surface area contributed by atoms with Crippen LogP contribution in [0.25, 0.3) is 0 Å². The molecule has 1 N–H and O–H groups in total. The van der Waals surface area contributed by atoms with Gasteiger partial charge in [-0.1, -0.05) is 0 Å². The fourth-order valence-electron chi connectivity index (χ4n) is 1.43. The van der Waals surface area contributed by atoms with Crippen molar-refractivity contribution >= 4 is 22.4 Å². The van der Waals surface area contributed by atoms with Crippen LogP contribution in [0.5, 0.6) is 0 Å². The van der Waals surface area contributed by atoms with Gasteiger partial charge in [-0.05, 0) is 0 Å². The van der Waals surface area contributed by atoms with E-state index in [0.29, 0.717) is 13.2 Å². The maximum atomic E-state index is 10.5. The van der Waals surface area contributed by atoms with Crippen molar-refractivity contribution in [1.82, 2.24) is 4.98 Å². The zero-order valence-electron chi connectivity index (χ0n) is 8.18. The Morgan fingerprint density at radius 3 is 3.00 bits per heavy atom. The van der Waals surface area contributed by atoms with Crippen molar-refractivity contribution in [3.8, 4) is 0 Å². The average Bonchev–Trinajstić information content (AvgIpc) is 2.67. The van der Waals surface area contributed by atoms with Gasteiger partial charge in [-0.25, -0.2) is 4.98 Å². The Balaban J connectivity index is 2.02. The first-order valence-corrected chi connectivity index (χ1v) is 5.56. The van der Waals surface area contributed by atoms with E-state index in [1.54, 1.807) is 6.20 Å². The molecule has 6 heteroatoms. The molecule has 1 aromatic heterocycles. The van der Waals surface area contributed by atoms with E-state index >= 15 is 0 Å². The van der Waals surface area contributed by atoms with Gasteiger partial charge >= 0.3 is 5.97 Å². The molecule has 1 aliphatic heterocycles. The van der Waals surface area contributed by atoms with Crippen LogP contribution in [0.1, 0.15) is 4.88 Å². The van der Waals surface area contributed by atoms with Gasteiger partial charge in [-0.3, -0.25) is 4.79 Å². The number of carbonyl (C=O) groups is 1. The predicted molar refractivity (Wildman–Crippen MR) is 56.5 cm³/mol. The summed E-state index contributed by atoms with van der Waals surface area (Å²) in [5.74, 6) is -0.813. The number of morpholine rings is 1. The van der Waals surface area contributed by atoms with Crippen LogP contribution >= 0.6 is 11.3 Å². The van der Waals surface area contributed by atoms with Crippen molar-refractivity contribution in [1.29, 1.82) is 0 Å². The zero-order chi connectivity index (χ0) is 10.7. The standard InChI is InChI=1S/C9H12N2O3S/c12-8(13)5-7-6-10-9(15-7)11-1-3-14-4-2-11/h6H,1-5H2,(H,12,13). The molecule has 1 saturated heterocycles. The summed E-state index contributed by atoms with van der Waals surface area (Å²) in [7, 11) is 0. The molecule has 15 heavy (non-hydrogen) atoms. The Morgan fingerprint density at radius 1 is 1.60 bits per heavy atom. The Labute approximate surface area is 91.3 Å². The lowest BCUT2D eigenvalue weighted by Gasteiger charge is -2.25. The molecule has 0 aromatic carbocycles. The number of nitrogens with zero attached hydrogens (tertiary/aromatic N) is 2. The zero-order valence-corrected chi connectivity index (χ0v) is 9.00. The van der Waals surface area contributed by atoms with E-state index in [0.717, 1.165) is 23.1 Å². The number of aliphatic carboxylic acids is 1. The molecular weight excluding hydrogens is 216 g/mol. The van der Waals surface area contributed by atoms with E-state index in [2.05, 4.69) is 9.88 Å². The molecule has 1 aliphatic rings.